The molecule has 1 saturated heterocycles. The molecule has 1 aliphatic heterocycles. The van der Waals surface area contributed by atoms with E-state index in [2.05, 4.69) is 0 Å². The first kappa shape index (κ1) is 14.9. The Balaban J connectivity index is 2.13. The average Bonchev–Trinajstić information content (AvgIpc) is 2.49. The van der Waals surface area contributed by atoms with E-state index in [-0.39, 0.29) is 11.9 Å². The van der Waals surface area contributed by atoms with Crippen LogP contribution in [0.2, 0.25) is 0 Å². The first-order chi connectivity index (χ1) is 9.63. The molecule has 108 valence electrons. The van der Waals surface area contributed by atoms with Gasteiger partial charge in [0.2, 0.25) is 5.91 Å². The van der Waals surface area contributed by atoms with E-state index in [1.54, 1.807) is 4.90 Å². The molecule has 5 heteroatoms. The van der Waals surface area contributed by atoms with Crippen LogP contribution in [0.1, 0.15) is 26.2 Å². The van der Waals surface area contributed by atoms with Crippen LogP contribution < -0.4 is 4.90 Å². The van der Waals surface area contributed by atoms with Gasteiger partial charge in [0.25, 0.3) is 0 Å². The molecule has 0 radical (unpaired) electrons. The van der Waals surface area contributed by atoms with Crippen LogP contribution in [0.4, 0.5) is 10.5 Å². The van der Waals surface area contributed by atoms with Crippen molar-refractivity contribution in [2.45, 2.75) is 32.2 Å². The van der Waals surface area contributed by atoms with Gasteiger partial charge in [0.15, 0.2) is 0 Å². The Labute approximate surface area is 124 Å². The molecule has 1 fully saturated rings. The molecule has 1 aliphatic rings. The summed E-state index contributed by atoms with van der Waals surface area (Å²) >= 11 is 5.50. The number of carbonyl (C=O) groups is 2. The van der Waals surface area contributed by atoms with Crippen molar-refractivity contribution in [2.24, 2.45) is 0 Å². The van der Waals surface area contributed by atoms with Gasteiger partial charge in [-0.3, -0.25) is 9.59 Å². The van der Waals surface area contributed by atoms with Crippen molar-refractivity contribution in [3.8, 4) is 0 Å². The molecular weight excluding hydrogens is 276 g/mol. The molecular formula is C15H19ClN2O2. The summed E-state index contributed by atoms with van der Waals surface area (Å²) in [5.74, 6) is 0.117. The Bertz CT molecular complexity index is 470. The molecule has 1 aromatic carbocycles. The summed E-state index contributed by atoms with van der Waals surface area (Å²) in [6.07, 6.45) is 2.00. The van der Waals surface area contributed by atoms with E-state index in [9.17, 15) is 9.59 Å². The van der Waals surface area contributed by atoms with Crippen LogP contribution in [-0.4, -0.2) is 35.3 Å². The number of para-hydroxylation sites is 1. The fourth-order valence-electron chi connectivity index (χ4n) is 2.62. The fourth-order valence-corrected chi connectivity index (χ4v) is 2.79. The highest BCUT2D eigenvalue weighted by molar-refractivity contribution is 6.62. The number of hydrogen-bond donors (Lipinski definition) is 0. The second-order valence-corrected chi connectivity index (χ2v) is 5.25. The fraction of sp³-hybridized carbons (Fsp3) is 0.467. The van der Waals surface area contributed by atoms with Gasteiger partial charge in [-0.15, -0.1) is 0 Å². The van der Waals surface area contributed by atoms with E-state index in [0.29, 0.717) is 19.5 Å². The largest absolute Gasteiger partial charge is 0.329 e. The Kier molecular flexibility index (Phi) is 5.01. The maximum Gasteiger partial charge on any atom is 0.316 e. The number of hydrogen-bond acceptors (Lipinski definition) is 2. The topological polar surface area (TPSA) is 40.6 Å². The summed E-state index contributed by atoms with van der Waals surface area (Å²) in [5.41, 5.74) is 0.926. The van der Waals surface area contributed by atoms with Crippen molar-refractivity contribution in [3.05, 3.63) is 30.3 Å². The van der Waals surface area contributed by atoms with Gasteiger partial charge in [-0.05, 0) is 36.6 Å². The zero-order chi connectivity index (χ0) is 14.5. The molecule has 0 spiro atoms. The lowest BCUT2D eigenvalue weighted by molar-refractivity contribution is -0.119. The van der Waals surface area contributed by atoms with E-state index < -0.39 is 5.37 Å². The monoisotopic (exact) mass is 294 g/mol. The molecule has 1 aromatic rings. The highest BCUT2D eigenvalue weighted by Gasteiger charge is 2.29. The van der Waals surface area contributed by atoms with E-state index in [4.69, 9.17) is 11.6 Å². The predicted octanol–water partition coefficient (Wildman–Crippen LogP) is 3.25. The number of halogens is 1. The van der Waals surface area contributed by atoms with Crippen molar-refractivity contribution >= 4 is 28.6 Å². The number of nitrogens with zero attached hydrogens (tertiary/aromatic N) is 2. The summed E-state index contributed by atoms with van der Waals surface area (Å²) in [6.45, 7) is 3.08. The standard InChI is InChI=1S/C15H19ClN2O2/c1-2-14(19)18(12-6-4-3-5-7-12)13-8-10-17(11-9-13)15(16)20/h3-7,13H,2,8-11H2,1H3. The van der Waals surface area contributed by atoms with Gasteiger partial charge in [0.05, 0.1) is 0 Å². The Hall–Kier alpha value is -1.55. The lowest BCUT2D eigenvalue weighted by atomic mass is 10.0. The Morgan fingerprint density at radius 2 is 1.85 bits per heavy atom. The SMILES string of the molecule is CCC(=O)N(c1ccccc1)C1CCN(C(=O)Cl)CC1. The van der Waals surface area contributed by atoms with Crippen molar-refractivity contribution in [3.63, 3.8) is 0 Å². The molecule has 0 N–H and O–H groups in total. The third-order valence-electron chi connectivity index (χ3n) is 3.68. The van der Waals surface area contributed by atoms with Gasteiger partial charge >= 0.3 is 5.37 Å². The van der Waals surface area contributed by atoms with Crippen LogP contribution >= 0.6 is 11.6 Å². The average molecular weight is 295 g/mol. The van der Waals surface area contributed by atoms with Gasteiger partial charge in [-0.25, -0.2) is 0 Å². The summed E-state index contributed by atoms with van der Waals surface area (Å²) in [5, 5.41) is -0.406. The Morgan fingerprint density at radius 1 is 1.25 bits per heavy atom. The molecule has 0 aromatic heterocycles. The highest BCUT2D eigenvalue weighted by atomic mass is 35.5. The quantitative estimate of drug-likeness (QED) is 0.634. The van der Waals surface area contributed by atoms with Crippen molar-refractivity contribution in [1.29, 1.82) is 0 Å². The summed E-state index contributed by atoms with van der Waals surface area (Å²) in [4.78, 5) is 26.9. The normalized spacial score (nSPS) is 16.0. The van der Waals surface area contributed by atoms with Gasteiger partial charge in [-0.2, -0.15) is 0 Å². The van der Waals surface area contributed by atoms with Crippen LogP contribution in [0.5, 0.6) is 0 Å². The van der Waals surface area contributed by atoms with Crippen molar-refractivity contribution in [1.82, 2.24) is 4.90 Å². The molecule has 20 heavy (non-hydrogen) atoms. The number of carbonyl (C=O) groups excluding carboxylic acids is 2. The van der Waals surface area contributed by atoms with Crippen LogP contribution in [-0.2, 0) is 4.79 Å². The molecule has 0 atom stereocenters. The van der Waals surface area contributed by atoms with E-state index in [1.807, 2.05) is 42.2 Å². The van der Waals surface area contributed by atoms with Crippen LogP contribution in [0.25, 0.3) is 0 Å². The molecule has 1 heterocycles. The second kappa shape index (κ2) is 6.75. The minimum absolute atomic E-state index is 0.117. The van der Waals surface area contributed by atoms with Gasteiger partial charge in [-0.1, -0.05) is 25.1 Å². The molecule has 2 rings (SSSR count). The predicted molar refractivity (Wildman–Crippen MR) is 80.1 cm³/mol. The minimum Gasteiger partial charge on any atom is -0.329 e. The third-order valence-corrected chi connectivity index (χ3v) is 3.92. The van der Waals surface area contributed by atoms with Crippen LogP contribution in [0.15, 0.2) is 30.3 Å². The molecule has 0 bridgehead atoms. The zero-order valence-corrected chi connectivity index (χ0v) is 12.3. The second-order valence-electron chi connectivity index (χ2n) is 4.92. The van der Waals surface area contributed by atoms with E-state index in [0.717, 1.165) is 18.5 Å². The summed E-state index contributed by atoms with van der Waals surface area (Å²) in [7, 11) is 0. The van der Waals surface area contributed by atoms with Crippen molar-refractivity contribution < 1.29 is 9.59 Å². The molecule has 0 unspecified atom stereocenters. The number of amides is 2. The number of benzene rings is 1. The molecule has 4 nitrogen and oxygen atoms in total. The van der Waals surface area contributed by atoms with Gasteiger partial charge < -0.3 is 9.80 Å². The summed E-state index contributed by atoms with van der Waals surface area (Å²) < 4.78 is 0. The van der Waals surface area contributed by atoms with E-state index >= 15 is 0 Å². The number of rotatable bonds is 3. The van der Waals surface area contributed by atoms with Crippen LogP contribution in [0.3, 0.4) is 0 Å². The minimum atomic E-state index is -0.406. The van der Waals surface area contributed by atoms with E-state index in [1.165, 1.54) is 0 Å². The zero-order valence-electron chi connectivity index (χ0n) is 11.6. The smallest absolute Gasteiger partial charge is 0.316 e. The Morgan fingerprint density at radius 3 is 2.35 bits per heavy atom. The number of piperidine rings is 1. The van der Waals surface area contributed by atoms with Crippen molar-refractivity contribution in [2.75, 3.05) is 18.0 Å². The maximum absolute atomic E-state index is 12.2. The highest BCUT2D eigenvalue weighted by Crippen LogP contribution is 2.24. The molecule has 2 amide bonds. The number of anilines is 1. The molecule has 0 saturated carbocycles. The number of likely N-dealkylation sites (tertiary alicyclic amines) is 1. The lowest BCUT2D eigenvalue weighted by Gasteiger charge is -2.37. The lowest BCUT2D eigenvalue weighted by Crippen LogP contribution is -2.48. The third kappa shape index (κ3) is 3.31. The van der Waals surface area contributed by atoms with Crippen LogP contribution in [0, 0.1) is 0 Å². The van der Waals surface area contributed by atoms with Gasteiger partial charge in [0.1, 0.15) is 0 Å². The maximum atomic E-state index is 12.2. The van der Waals surface area contributed by atoms with Gasteiger partial charge in [0, 0.05) is 31.2 Å². The first-order valence-corrected chi connectivity index (χ1v) is 7.32. The molecule has 0 aliphatic carbocycles. The summed E-state index contributed by atoms with van der Waals surface area (Å²) in [6, 6.07) is 9.84. The first-order valence-electron chi connectivity index (χ1n) is 6.95.